The van der Waals surface area contributed by atoms with Gasteiger partial charge in [-0.05, 0) is 36.2 Å². The first kappa shape index (κ1) is 14.0. The molecule has 106 valence electrons. The van der Waals surface area contributed by atoms with Crippen LogP contribution in [0.2, 0.25) is 0 Å². The number of carbonyl (C=O) groups excluding carboxylic acids is 1. The molecule has 1 aromatic heterocycles. The Morgan fingerprint density at radius 2 is 2.00 bits per heavy atom. The van der Waals surface area contributed by atoms with Gasteiger partial charge in [-0.25, -0.2) is 0 Å². The summed E-state index contributed by atoms with van der Waals surface area (Å²) in [5, 5.41) is 2.85. The van der Waals surface area contributed by atoms with Gasteiger partial charge in [0.1, 0.15) is 0 Å². The summed E-state index contributed by atoms with van der Waals surface area (Å²) in [6.45, 7) is 0.548. The molecule has 20 heavy (non-hydrogen) atoms. The number of methoxy groups -OCH3 is 2. The molecule has 0 aliphatic rings. The highest BCUT2D eigenvalue weighted by Gasteiger charge is 2.10. The van der Waals surface area contributed by atoms with Crippen molar-refractivity contribution >= 4 is 5.91 Å². The first-order valence-electron chi connectivity index (χ1n) is 6.26. The molecular formula is C15H17NO4. The Bertz CT molecular complexity index is 563. The molecule has 5 nitrogen and oxygen atoms in total. The molecule has 1 N–H and O–H groups in total. The molecule has 0 fully saturated rings. The first-order valence-corrected chi connectivity index (χ1v) is 6.26. The predicted molar refractivity (Wildman–Crippen MR) is 74.3 cm³/mol. The normalized spacial score (nSPS) is 10.1. The summed E-state index contributed by atoms with van der Waals surface area (Å²) in [5.74, 6) is 0.992. The molecule has 1 aromatic carbocycles. The Morgan fingerprint density at radius 1 is 1.20 bits per heavy atom. The van der Waals surface area contributed by atoms with Gasteiger partial charge in [-0.1, -0.05) is 0 Å². The third-order valence-electron chi connectivity index (χ3n) is 2.93. The molecule has 1 amide bonds. The Labute approximate surface area is 117 Å². The van der Waals surface area contributed by atoms with Gasteiger partial charge < -0.3 is 19.2 Å². The van der Waals surface area contributed by atoms with Crippen LogP contribution in [0, 0.1) is 0 Å². The second-order valence-corrected chi connectivity index (χ2v) is 4.21. The van der Waals surface area contributed by atoms with Crippen molar-refractivity contribution in [1.29, 1.82) is 0 Å². The fourth-order valence-corrected chi connectivity index (χ4v) is 1.83. The van der Waals surface area contributed by atoms with E-state index in [-0.39, 0.29) is 5.91 Å². The second-order valence-electron chi connectivity index (χ2n) is 4.21. The van der Waals surface area contributed by atoms with Crippen molar-refractivity contribution in [2.75, 3.05) is 20.8 Å². The van der Waals surface area contributed by atoms with Crippen LogP contribution in [-0.2, 0) is 6.42 Å². The lowest BCUT2D eigenvalue weighted by molar-refractivity contribution is 0.0953. The minimum atomic E-state index is -0.144. The second kappa shape index (κ2) is 6.65. The van der Waals surface area contributed by atoms with Gasteiger partial charge in [0.2, 0.25) is 0 Å². The monoisotopic (exact) mass is 275 g/mol. The minimum absolute atomic E-state index is 0.144. The molecule has 0 bridgehead atoms. The Morgan fingerprint density at radius 3 is 2.65 bits per heavy atom. The largest absolute Gasteiger partial charge is 0.493 e. The van der Waals surface area contributed by atoms with Crippen LogP contribution in [0.15, 0.2) is 41.2 Å². The fraction of sp³-hybridized carbons (Fsp3) is 0.267. The number of hydrogen-bond donors (Lipinski definition) is 1. The Balaban J connectivity index is 1.95. The zero-order chi connectivity index (χ0) is 14.4. The predicted octanol–water partition coefficient (Wildman–Crippen LogP) is 2.27. The summed E-state index contributed by atoms with van der Waals surface area (Å²) in [4.78, 5) is 12.0. The topological polar surface area (TPSA) is 60.7 Å². The molecule has 0 unspecified atom stereocenters. The van der Waals surface area contributed by atoms with Gasteiger partial charge in [0.15, 0.2) is 11.5 Å². The van der Waals surface area contributed by atoms with Crippen molar-refractivity contribution in [3.63, 3.8) is 0 Å². The Kier molecular flexibility index (Phi) is 4.65. The van der Waals surface area contributed by atoms with Gasteiger partial charge in [0.25, 0.3) is 5.91 Å². The zero-order valence-electron chi connectivity index (χ0n) is 11.5. The number of carbonyl (C=O) groups is 1. The van der Waals surface area contributed by atoms with Gasteiger partial charge in [-0.15, -0.1) is 0 Å². The summed E-state index contributed by atoms with van der Waals surface area (Å²) < 4.78 is 15.3. The average molecular weight is 275 g/mol. The molecule has 0 saturated heterocycles. The molecular weight excluding hydrogens is 258 g/mol. The van der Waals surface area contributed by atoms with Gasteiger partial charge in [0, 0.05) is 12.1 Å². The van der Waals surface area contributed by atoms with Crippen LogP contribution >= 0.6 is 0 Å². The van der Waals surface area contributed by atoms with Gasteiger partial charge >= 0.3 is 0 Å². The number of rotatable bonds is 6. The molecule has 1 heterocycles. The van der Waals surface area contributed by atoms with Crippen molar-refractivity contribution in [2.45, 2.75) is 6.42 Å². The molecule has 5 heteroatoms. The zero-order valence-corrected chi connectivity index (χ0v) is 11.5. The van der Waals surface area contributed by atoms with E-state index in [1.165, 1.54) is 0 Å². The molecule has 2 rings (SSSR count). The van der Waals surface area contributed by atoms with Crippen LogP contribution in [0.1, 0.15) is 15.9 Å². The van der Waals surface area contributed by atoms with E-state index in [4.69, 9.17) is 13.9 Å². The van der Waals surface area contributed by atoms with Gasteiger partial charge in [0.05, 0.1) is 26.7 Å². The van der Waals surface area contributed by atoms with Crippen molar-refractivity contribution in [3.8, 4) is 11.5 Å². The highest BCUT2D eigenvalue weighted by Crippen LogP contribution is 2.27. The van der Waals surface area contributed by atoms with Gasteiger partial charge in [-0.3, -0.25) is 4.79 Å². The van der Waals surface area contributed by atoms with Crippen molar-refractivity contribution < 1.29 is 18.7 Å². The number of benzene rings is 1. The van der Waals surface area contributed by atoms with Crippen LogP contribution in [0.3, 0.4) is 0 Å². The molecule has 0 aliphatic carbocycles. The maximum atomic E-state index is 12.0. The van der Waals surface area contributed by atoms with E-state index in [1.54, 1.807) is 44.9 Å². The SMILES string of the molecule is COc1ccc(C(=O)NCCc2ccoc2)cc1OC. The van der Waals surface area contributed by atoms with E-state index >= 15 is 0 Å². The number of furan rings is 1. The van der Waals surface area contributed by atoms with Crippen LogP contribution in [0.4, 0.5) is 0 Å². The minimum Gasteiger partial charge on any atom is -0.493 e. The summed E-state index contributed by atoms with van der Waals surface area (Å²) in [7, 11) is 3.10. The summed E-state index contributed by atoms with van der Waals surface area (Å²) in [6, 6.07) is 6.95. The van der Waals surface area contributed by atoms with Crippen LogP contribution in [-0.4, -0.2) is 26.7 Å². The van der Waals surface area contributed by atoms with Crippen LogP contribution < -0.4 is 14.8 Å². The van der Waals surface area contributed by atoms with Crippen molar-refractivity contribution in [1.82, 2.24) is 5.32 Å². The van der Waals surface area contributed by atoms with Crippen LogP contribution in [0.25, 0.3) is 0 Å². The summed E-state index contributed by atoms with van der Waals surface area (Å²) >= 11 is 0. The maximum absolute atomic E-state index is 12.0. The molecule has 0 spiro atoms. The number of ether oxygens (including phenoxy) is 2. The van der Waals surface area contributed by atoms with E-state index < -0.39 is 0 Å². The average Bonchev–Trinajstić information content (AvgIpc) is 2.99. The third kappa shape index (κ3) is 3.32. The highest BCUT2D eigenvalue weighted by molar-refractivity contribution is 5.94. The fourth-order valence-electron chi connectivity index (χ4n) is 1.83. The lowest BCUT2D eigenvalue weighted by atomic mass is 10.2. The van der Waals surface area contributed by atoms with E-state index in [1.807, 2.05) is 6.07 Å². The quantitative estimate of drug-likeness (QED) is 0.878. The third-order valence-corrected chi connectivity index (χ3v) is 2.93. The van der Waals surface area contributed by atoms with Crippen molar-refractivity contribution in [2.24, 2.45) is 0 Å². The van der Waals surface area contributed by atoms with E-state index in [0.29, 0.717) is 23.6 Å². The summed E-state index contributed by atoms with van der Waals surface area (Å²) in [6.07, 6.45) is 4.02. The molecule has 0 radical (unpaired) electrons. The Hall–Kier alpha value is -2.43. The molecule has 2 aromatic rings. The van der Waals surface area contributed by atoms with E-state index in [2.05, 4.69) is 5.32 Å². The first-order chi connectivity index (χ1) is 9.74. The van der Waals surface area contributed by atoms with E-state index in [9.17, 15) is 4.79 Å². The maximum Gasteiger partial charge on any atom is 0.251 e. The van der Waals surface area contributed by atoms with E-state index in [0.717, 1.165) is 12.0 Å². The lowest BCUT2D eigenvalue weighted by Gasteiger charge is -2.09. The molecule has 0 atom stereocenters. The summed E-state index contributed by atoms with van der Waals surface area (Å²) in [5.41, 5.74) is 1.59. The molecule has 0 saturated carbocycles. The standard InChI is InChI=1S/C15H17NO4/c1-18-13-4-3-12(9-14(13)19-2)15(17)16-7-5-11-6-8-20-10-11/h3-4,6,8-10H,5,7H2,1-2H3,(H,16,17). The number of amides is 1. The smallest absolute Gasteiger partial charge is 0.251 e. The van der Waals surface area contributed by atoms with Crippen molar-refractivity contribution in [3.05, 3.63) is 47.9 Å². The number of nitrogens with one attached hydrogen (secondary N) is 1. The highest BCUT2D eigenvalue weighted by atomic mass is 16.5. The lowest BCUT2D eigenvalue weighted by Crippen LogP contribution is -2.25. The molecule has 0 aliphatic heterocycles. The van der Waals surface area contributed by atoms with Gasteiger partial charge in [-0.2, -0.15) is 0 Å². The number of hydrogen-bond acceptors (Lipinski definition) is 4. The van der Waals surface area contributed by atoms with Crippen LogP contribution in [0.5, 0.6) is 11.5 Å².